The maximum absolute atomic E-state index is 11.2. The van der Waals surface area contributed by atoms with Crippen LogP contribution < -0.4 is 0 Å². The number of aryl methyl sites for hydroxylation is 1. The minimum Gasteiger partial charge on any atom is -0.481 e. The van der Waals surface area contributed by atoms with Gasteiger partial charge in [-0.15, -0.1) is 0 Å². The van der Waals surface area contributed by atoms with Gasteiger partial charge in [-0.25, -0.2) is 0 Å². The Kier molecular flexibility index (Phi) is 20.2. The van der Waals surface area contributed by atoms with Crippen LogP contribution in [0.4, 0.5) is 0 Å². The van der Waals surface area contributed by atoms with Crippen molar-refractivity contribution in [2.24, 2.45) is 5.92 Å². The largest absolute Gasteiger partial charge is 0.481 e. The number of hydrogen-bond donors (Lipinski definition) is 1. The Bertz CT molecular complexity index is 642. The number of carbonyl (C=O) groups is 2. The summed E-state index contributed by atoms with van der Waals surface area (Å²) in [5.41, 5.74) is 2.62. The number of thioether (sulfide) groups is 1. The molecule has 0 radical (unpaired) electrons. The first-order valence-electron chi connectivity index (χ1n) is 12.2. The quantitative estimate of drug-likeness (QED) is 0.249. The van der Waals surface area contributed by atoms with Crippen LogP contribution >= 0.6 is 11.8 Å². The number of benzene rings is 1. The number of hydrogen-bond acceptors (Lipinski definition) is 4. The van der Waals surface area contributed by atoms with E-state index in [-0.39, 0.29) is 0 Å². The molecule has 0 amide bonds. The summed E-state index contributed by atoms with van der Waals surface area (Å²) in [4.78, 5) is 21.2. The van der Waals surface area contributed by atoms with Gasteiger partial charge in [0.15, 0.2) is 0 Å². The van der Waals surface area contributed by atoms with Gasteiger partial charge in [-0.05, 0) is 60.7 Å². The van der Waals surface area contributed by atoms with Gasteiger partial charge in [0.25, 0.3) is 0 Å². The molecule has 0 aliphatic heterocycles. The predicted molar refractivity (Wildman–Crippen MR) is 137 cm³/mol. The first kappa shape index (κ1) is 30.4. The van der Waals surface area contributed by atoms with Crippen LogP contribution in [0.5, 0.6) is 0 Å². The van der Waals surface area contributed by atoms with Gasteiger partial charge < -0.3 is 9.84 Å². The summed E-state index contributed by atoms with van der Waals surface area (Å²) in [7, 11) is 0. The van der Waals surface area contributed by atoms with Crippen LogP contribution in [0.2, 0.25) is 0 Å². The van der Waals surface area contributed by atoms with E-state index in [1.807, 2.05) is 13.8 Å². The van der Waals surface area contributed by atoms with Crippen molar-refractivity contribution in [1.82, 2.24) is 0 Å². The third-order valence-electron chi connectivity index (χ3n) is 4.78. The highest BCUT2D eigenvalue weighted by Gasteiger charge is 2.18. The smallest absolute Gasteiger partial charge is 0.303 e. The highest BCUT2D eigenvalue weighted by molar-refractivity contribution is 7.99. The first-order valence-corrected chi connectivity index (χ1v) is 13.3. The summed E-state index contributed by atoms with van der Waals surface area (Å²) in [5.74, 6) is 2.28. The molecule has 1 N–H and O–H groups in total. The van der Waals surface area contributed by atoms with Crippen LogP contribution in [0.15, 0.2) is 36.4 Å². The van der Waals surface area contributed by atoms with E-state index in [2.05, 4.69) is 50.3 Å². The molecule has 4 nitrogen and oxygen atoms in total. The van der Waals surface area contributed by atoms with Crippen LogP contribution in [-0.4, -0.2) is 35.0 Å². The van der Waals surface area contributed by atoms with Crippen molar-refractivity contribution in [1.29, 1.82) is 0 Å². The molecule has 2 rings (SSSR count). The molecular weight excluding hydrogens is 420 g/mol. The molecule has 1 fully saturated rings. The number of carbonyl (C=O) groups excluding carboxylic acids is 1. The second-order valence-corrected chi connectivity index (χ2v) is 8.97. The van der Waals surface area contributed by atoms with Gasteiger partial charge in [0, 0.05) is 25.9 Å². The standard InChI is InChI=1S/C19H26O2.C6H12O2S.C2H6/c1-2-12-21-15-18-9-5-8-16(13-18)6-3-4-7-17-10-11-19(20)14-17;1-2-9-5-3-4-6(7)8;1-2/h4-5,7-9,13,17H,2-3,6,10-12,14-15H2,1H3;2-5H2,1H3,(H,7,8);1-2H3/b7-4+;;/t17-;;/m0../s1. The molecule has 0 aromatic heterocycles. The molecule has 1 atom stereocenters. The molecular formula is C27H44O4S. The fourth-order valence-corrected chi connectivity index (χ4v) is 3.86. The maximum atomic E-state index is 11.2. The zero-order chi connectivity index (χ0) is 24.0. The van der Waals surface area contributed by atoms with Gasteiger partial charge in [0.2, 0.25) is 0 Å². The minimum atomic E-state index is -0.688. The van der Waals surface area contributed by atoms with E-state index in [9.17, 15) is 9.59 Å². The predicted octanol–water partition coefficient (Wildman–Crippen LogP) is 7.10. The lowest BCUT2D eigenvalue weighted by atomic mass is 10.0. The molecule has 0 bridgehead atoms. The lowest BCUT2D eigenvalue weighted by Crippen LogP contribution is -1.95. The number of allylic oxidation sites excluding steroid dienone is 2. The summed E-state index contributed by atoms with van der Waals surface area (Å²) in [6.07, 6.45) is 11.3. The molecule has 1 aromatic rings. The van der Waals surface area contributed by atoms with Crippen LogP contribution in [0.25, 0.3) is 0 Å². The van der Waals surface area contributed by atoms with Crippen molar-refractivity contribution in [2.45, 2.75) is 85.7 Å². The molecule has 5 heteroatoms. The molecule has 0 unspecified atom stereocenters. The van der Waals surface area contributed by atoms with Crippen molar-refractivity contribution in [3.05, 3.63) is 47.5 Å². The van der Waals surface area contributed by atoms with E-state index in [4.69, 9.17) is 9.84 Å². The summed E-state index contributed by atoms with van der Waals surface area (Å²) < 4.78 is 5.58. The Hall–Kier alpha value is -1.59. The molecule has 32 heavy (non-hydrogen) atoms. The summed E-state index contributed by atoms with van der Waals surface area (Å²) in [6, 6.07) is 8.65. The van der Waals surface area contributed by atoms with Crippen LogP contribution in [-0.2, 0) is 27.4 Å². The lowest BCUT2D eigenvalue weighted by molar-refractivity contribution is -0.137. The Morgan fingerprint density at radius 1 is 1.25 bits per heavy atom. The van der Waals surface area contributed by atoms with Gasteiger partial charge in [-0.1, -0.05) is 64.1 Å². The van der Waals surface area contributed by atoms with Crippen molar-refractivity contribution >= 4 is 23.5 Å². The van der Waals surface area contributed by atoms with E-state index in [1.54, 1.807) is 11.8 Å². The monoisotopic (exact) mass is 464 g/mol. The number of ketones is 1. The number of carboxylic acids is 1. The summed E-state index contributed by atoms with van der Waals surface area (Å²) >= 11 is 1.79. The van der Waals surface area contributed by atoms with Crippen molar-refractivity contribution in [3.8, 4) is 0 Å². The molecule has 0 spiro atoms. The number of rotatable bonds is 13. The van der Waals surface area contributed by atoms with Gasteiger partial charge in [-0.3, -0.25) is 9.59 Å². The van der Waals surface area contributed by atoms with Gasteiger partial charge >= 0.3 is 5.97 Å². The molecule has 1 aliphatic carbocycles. The van der Waals surface area contributed by atoms with E-state index < -0.39 is 5.97 Å². The molecule has 1 aliphatic rings. The number of aliphatic carboxylic acids is 1. The third-order valence-corrected chi connectivity index (χ3v) is 5.77. The first-order chi connectivity index (χ1) is 15.5. The third kappa shape index (κ3) is 17.0. The zero-order valence-corrected chi connectivity index (χ0v) is 21.4. The van der Waals surface area contributed by atoms with E-state index in [0.29, 0.717) is 24.7 Å². The second-order valence-electron chi connectivity index (χ2n) is 7.58. The van der Waals surface area contributed by atoms with E-state index in [0.717, 1.165) is 63.1 Å². The number of Topliss-reactive ketones (excluding diaryl/α,β-unsaturated/α-hetero) is 1. The van der Waals surface area contributed by atoms with E-state index in [1.165, 1.54) is 11.1 Å². The van der Waals surface area contributed by atoms with Gasteiger partial charge in [0.05, 0.1) is 6.61 Å². The Labute approximate surface area is 200 Å². The molecule has 1 aromatic carbocycles. The minimum absolute atomic E-state index is 0.312. The normalized spacial score (nSPS) is 15.1. The van der Waals surface area contributed by atoms with Gasteiger partial charge in [0.1, 0.15) is 5.78 Å². The topological polar surface area (TPSA) is 63.6 Å². The fourth-order valence-electron chi connectivity index (χ4n) is 3.22. The Morgan fingerprint density at radius 2 is 2.00 bits per heavy atom. The second kappa shape index (κ2) is 21.3. The lowest BCUT2D eigenvalue weighted by Gasteiger charge is -2.05. The SMILES string of the molecule is CC.CCCOCc1cccc(CC/C=C/[C@H]2CCC(=O)C2)c1.CCSCCCC(=O)O. The summed E-state index contributed by atoms with van der Waals surface area (Å²) in [6.45, 7) is 9.74. The van der Waals surface area contributed by atoms with Crippen molar-refractivity contribution in [2.75, 3.05) is 18.1 Å². The highest BCUT2D eigenvalue weighted by atomic mass is 32.2. The summed E-state index contributed by atoms with van der Waals surface area (Å²) in [5, 5.41) is 8.20. The van der Waals surface area contributed by atoms with Crippen LogP contribution in [0, 0.1) is 5.92 Å². The zero-order valence-electron chi connectivity index (χ0n) is 20.6. The average Bonchev–Trinajstić information content (AvgIpc) is 3.22. The van der Waals surface area contributed by atoms with Crippen LogP contribution in [0.3, 0.4) is 0 Å². The molecule has 0 saturated heterocycles. The number of carboxylic acid groups (broad SMARTS) is 1. The molecule has 0 heterocycles. The number of ether oxygens (including phenoxy) is 1. The van der Waals surface area contributed by atoms with E-state index >= 15 is 0 Å². The van der Waals surface area contributed by atoms with Crippen molar-refractivity contribution in [3.63, 3.8) is 0 Å². The highest BCUT2D eigenvalue weighted by Crippen LogP contribution is 2.23. The molecule has 1 saturated carbocycles. The fraction of sp³-hybridized carbons (Fsp3) is 0.630. The average molecular weight is 465 g/mol. The van der Waals surface area contributed by atoms with Gasteiger partial charge in [-0.2, -0.15) is 11.8 Å². The Balaban J connectivity index is 0.000000738. The van der Waals surface area contributed by atoms with Crippen molar-refractivity contribution < 1.29 is 19.4 Å². The van der Waals surface area contributed by atoms with Crippen LogP contribution in [0.1, 0.15) is 83.8 Å². The molecule has 182 valence electrons. The Morgan fingerprint density at radius 3 is 2.62 bits per heavy atom. The maximum Gasteiger partial charge on any atom is 0.303 e.